The number of aliphatic hydroxyl groups is 1. The van der Waals surface area contributed by atoms with Crippen molar-refractivity contribution in [2.75, 3.05) is 22.9 Å². The van der Waals surface area contributed by atoms with Crippen LogP contribution in [-0.4, -0.2) is 29.2 Å². The van der Waals surface area contributed by atoms with Crippen LogP contribution in [0, 0.1) is 5.82 Å². The highest BCUT2D eigenvalue weighted by Gasteiger charge is 2.45. The van der Waals surface area contributed by atoms with Crippen molar-refractivity contribution in [1.82, 2.24) is 4.98 Å². The van der Waals surface area contributed by atoms with Gasteiger partial charge in [-0.15, -0.1) is 0 Å². The van der Waals surface area contributed by atoms with Gasteiger partial charge in [0, 0.05) is 30.5 Å². The standard InChI is InChI=1S/C17H16FN3O2/c18-12-2-1-3-13(10-12)20-8-9-21(16(20)22)15-11-19-7-4-14(15)17(23)5-6-17/h1-4,7,10-11,23H,5-6,8-9H2. The minimum atomic E-state index is -0.842. The molecule has 0 radical (unpaired) electrons. The summed E-state index contributed by atoms with van der Waals surface area (Å²) in [4.78, 5) is 20.0. The molecule has 1 N–H and O–H groups in total. The zero-order valence-electron chi connectivity index (χ0n) is 12.4. The van der Waals surface area contributed by atoms with Gasteiger partial charge in [0.25, 0.3) is 0 Å². The van der Waals surface area contributed by atoms with Gasteiger partial charge in [0.15, 0.2) is 0 Å². The smallest absolute Gasteiger partial charge is 0.329 e. The fraction of sp³-hybridized carbons (Fsp3) is 0.294. The van der Waals surface area contributed by atoms with Crippen LogP contribution >= 0.6 is 0 Å². The van der Waals surface area contributed by atoms with E-state index in [0.717, 1.165) is 5.56 Å². The third kappa shape index (κ3) is 2.35. The number of hydrogen-bond donors (Lipinski definition) is 1. The number of carbonyl (C=O) groups is 1. The van der Waals surface area contributed by atoms with Gasteiger partial charge in [-0.1, -0.05) is 6.07 Å². The lowest BCUT2D eigenvalue weighted by Gasteiger charge is -2.22. The third-order valence-electron chi connectivity index (χ3n) is 4.44. The second-order valence-electron chi connectivity index (χ2n) is 5.99. The molecule has 2 heterocycles. The van der Waals surface area contributed by atoms with Gasteiger partial charge in [-0.2, -0.15) is 0 Å². The largest absolute Gasteiger partial charge is 0.385 e. The number of hydrogen-bond acceptors (Lipinski definition) is 3. The second kappa shape index (κ2) is 5.03. The van der Waals surface area contributed by atoms with Gasteiger partial charge in [0.05, 0.1) is 17.5 Å². The molecule has 1 saturated carbocycles. The summed E-state index contributed by atoms with van der Waals surface area (Å²) in [5.41, 5.74) is 1.07. The summed E-state index contributed by atoms with van der Waals surface area (Å²) in [5.74, 6) is -0.372. The summed E-state index contributed by atoms with van der Waals surface area (Å²) >= 11 is 0. The summed E-state index contributed by atoms with van der Waals surface area (Å²) in [6.45, 7) is 0.944. The molecule has 5 nitrogen and oxygen atoms in total. The van der Waals surface area contributed by atoms with Crippen LogP contribution in [0.25, 0.3) is 0 Å². The zero-order chi connectivity index (χ0) is 16.0. The van der Waals surface area contributed by atoms with E-state index in [1.807, 2.05) is 0 Å². The fourth-order valence-corrected chi connectivity index (χ4v) is 3.03. The number of halogens is 1. The van der Waals surface area contributed by atoms with Gasteiger partial charge < -0.3 is 5.11 Å². The summed E-state index contributed by atoms with van der Waals surface area (Å²) in [6, 6.07) is 7.53. The van der Waals surface area contributed by atoms with E-state index >= 15 is 0 Å². The monoisotopic (exact) mass is 313 g/mol. The van der Waals surface area contributed by atoms with Gasteiger partial charge >= 0.3 is 6.03 Å². The average molecular weight is 313 g/mol. The molecule has 23 heavy (non-hydrogen) atoms. The van der Waals surface area contributed by atoms with E-state index in [2.05, 4.69) is 4.98 Å². The molecule has 2 amide bonds. The van der Waals surface area contributed by atoms with E-state index in [0.29, 0.717) is 37.3 Å². The molecule has 0 atom stereocenters. The predicted octanol–water partition coefficient (Wildman–Crippen LogP) is 2.65. The second-order valence-corrected chi connectivity index (χ2v) is 5.99. The van der Waals surface area contributed by atoms with Gasteiger partial charge in [0.1, 0.15) is 5.82 Å². The van der Waals surface area contributed by atoms with Gasteiger partial charge in [-0.05, 0) is 37.1 Å². The Kier molecular flexibility index (Phi) is 3.09. The molecule has 118 valence electrons. The summed E-state index contributed by atoms with van der Waals surface area (Å²) in [7, 11) is 0. The van der Waals surface area contributed by atoms with Crippen molar-refractivity contribution in [3.05, 3.63) is 54.1 Å². The van der Waals surface area contributed by atoms with Crippen LogP contribution in [0.1, 0.15) is 18.4 Å². The van der Waals surface area contributed by atoms with Crippen molar-refractivity contribution >= 4 is 17.4 Å². The minimum absolute atomic E-state index is 0.228. The van der Waals surface area contributed by atoms with Crippen LogP contribution < -0.4 is 9.80 Å². The highest BCUT2D eigenvalue weighted by molar-refractivity contribution is 6.06. The number of urea groups is 1. The van der Waals surface area contributed by atoms with Gasteiger partial charge in [-0.3, -0.25) is 14.8 Å². The number of nitrogens with zero attached hydrogens (tertiary/aromatic N) is 3. The number of pyridine rings is 1. The van der Waals surface area contributed by atoms with Crippen LogP contribution in [0.5, 0.6) is 0 Å². The molecule has 6 heteroatoms. The molecular formula is C17H16FN3O2. The Morgan fingerprint density at radius 3 is 2.70 bits per heavy atom. The van der Waals surface area contributed by atoms with Gasteiger partial charge in [0.2, 0.25) is 0 Å². The third-order valence-corrected chi connectivity index (χ3v) is 4.44. The van der Waals surface area contributed by atoms with E-state index in [4.69, 9.17) is 0 Å². The number of rotatable bonds is 3. The maximum Gasteiger partial charge on any atom is 0.329 e. The van der Waals surface area contributed by atoms with E-state index in [1.54, 1.807) is 35.5 Å². The van der Waals surface area contributed by atoms with E-state index < -0.39 is 5.60 Å². The Hall–Kier alpha value is -2.47. The Morgan fingerprint density at radius 1 is 1.17 bits per heavy atom. The maximum atomic E-state index is 13.4. The number of aromatic nitrogens is 1. The molecule has 1 saturated heterocycles. The first-order valence-electron chi connectivity index (χ1n) is 7.60. The molecule has 0 unspecified atom stereocenters. The number of benzene rings is 1. The normalized spacial score (nSPS) is 19.3. The lowest BCUT2D eigenvalue weighted by molar-refractivity contribution is 0.152. The minimum Gasteiger partial charge on any atom is -0.385 e. The Morgan fingerprint density at radius 2 is 1.96 bits per heavy atom. The highest BCUT2D eigenvalue weighted by atomic mass is 19.1. The van der Waals surface area contributed by atoms with Crippen molar-refractivity contribution in [1.29, 1.82) is 0 Å². The Balaban J connectivity index is 1.67. The zero-order valence-corrected chi connectivity index (χ0v) is 12.4. The van der Waals surface area contributed by atoms with E-state index in [9.17, 15) is 14.3 Å². The molecule has 4 rings (SSSR count). The van der Waals surface area contributed by atoms with Crippen LogP contribution in [-0.2, 0) is 5.60 Å². The summed E-state index contributed by atoms with van der Waals surface area (Å²) < 4.78 is 13.4. The number of carbonyl (C=O) groups excluding carboxylic acids is 1. The number of anilines is 2. The topological polar surface area (TPSA) is 56.7 Å². The predicted molar refractivity (Wildman–Crippen MR) is 83.9 cm³/mol. The Labute approximate surface area is 133 Å². The molecule has 1 aromatic carbocycles. The van der Waals surface area contributed by atoms with Crippen LogP contribution in [0.3, 0.4) is 0 Å². The molecule has 2 fully saturated rings. The van der Waals surface area contributed by atoms with E-state index in [-0.39, 0.29) is 11.8 Å². The van der Waals surface area contributed by atoms with Crippen molar-refractivity contribution in [2.24, 2.45) is 0 Å². The van der Waals surface area contributed by atoms with Crippen LogP contribution in [0.2, 0.25) is 0 Å². The van der Waals surface area contributed by atoms with Crippen molar-refractivity contribution in [3.8, 4) is 0 Å². The summed E-state index contributed by atoms with van der Waals surface area (Å²) in [5, 5.41) is 10.4. The van der Waals surface area contributed by atoms with Crippen LogP contribution in [0.15, 0.2) is 42.7 Å². The first kappa shape index (κ1) is 14.1. The fourth-order valence-electron chi connectivity index (χ4n) is 3.03. The van der Waals surface area contributed by atoms with Crippen LogP contribution in [0.4, 0.5) is 20.6 Å². The van der Waals surface area contributed by atoms with E-state index in [1.165, 1.54) is 17.0 Å². The molecule has 2 aliphatic rings. The lowest BCUT2D eigenvalue weighted by Crippen LogP contribution is -2.33. The SMILES string of the molecule is O=C1N(c2cccc(F)c2)CCN1c1cnccc1C1(O)CC1. The van der Waals surface area contributed by atoms with Crippen molar-refractivity contribution in [3.63, 3.8) is 0 Å². The number of amides is 2. The maximum absolute atomic E-state index is 13.4. The highest BCUT2D eigenvalue weighted by Crippen LogP contribution is 2.48. The quantitative estimate of drug-likeness (QED) is 0.948. The first-order chi connectivity index (χ1) is 11.1. The lowest BCUT2D eigenvalue weighted by atomic mass is 10.1. The molecule has 1 aliphatic carbocycles. The summed E-state index contributed by atoms with van der Waals surface area (Å²) in [6.07, 6.45) is 4.62. The Bertz CT molecular complexity index is 776. The molecule has 0 spiro atoms. The molecule has 1 aliphatic heterocycles. The van der Waals surface area contributed by atoms with Crippen molar-refractivity contribution < 1.29 is 14.3 Å². The molecule has 1 aromatic heterocycles. The molecular weight excluding hydrogens is 297 g/mol. The van der Waals surface area contributed by atoms with Gasteiger partial charge in [-0.25, -0.2) is 9.18 Å². The average Bonchev–Trinajstić information content (AvgIpc) is 3.18. The first-order valence-corrected chi connectivity index (χ1v) is 7.60. The molecule has 0 bridgehead atoms. The molecule has 2 aromatic rings. The van der Waals surface area contributed by atoms with Crippen molar-refractivity contribution in [2.45, 2.75) is 18.4 Å².